The molecule has 1 fully saturated rings. The van der Waals surface area contributed by atoms with E-state index in [1.54, 1.807) is 29.2 Å². The summed E-state index contributed by atoms with van der Waals surface area (Å²) >= 11 is 1.65. The van der Waals surface area contributed by atoms with Gasteiger partial charge in [0.15, 0.2) is 0 Å². The summed E-state index contributed by atoms with van der Waals surface area (Å²) in [6, 6.07) is 6.49. The van der Waals surface area contributed by atoms with Crippen LogP contribution < -0.4 is 10.1 Å². The molecule has 0 unspecified atom stereocenters. The van der Waals surface area contributed by atoms with Gasteiger partial charge in [0.25, 0.3) is 0 Å². The monoisotopic (exact) mass is 348 g/mol. The molecule has 1 aliphatic heterocycles. The molecule has 0 aliphatic carbocycles. The molecule has 0 bridgehead atoms. The molecule has 2 aromatic rings. The Hall–Kier alpha value is -2.08. The fraction of sp³-hybridized carbons (Fsp3) is 0.389. The Labute approximate surface area is 145 Å². The van der Waals surface area contributed by atoms with E-state index in [1.165, 1.54) is 12.1 Å². The molecule has 1 aromatic carbocycles. The average Bonchev–Trinajstić information content (AvgIpc) is 2.95. The summed E-state index contributed by atoms with van der Waals surface area (Å²) in [5.41, 5.74) is 1.73. The standard InChI is InChI=1S/C18H21FN2O2S/c1-12-16(7-9-24-12)20-17-6-5-14(19)10-18(17)23-15-4-3-8-21(11-15)13(2)22/h5-7,9-10,15,20H,3-4,8,11H2,1-2H3/t15-/m1/s1. The van der Waals surface area contributed by atoms with Gasteiger partial charge in [-0.1, -0.05) is 0 Å². The number of anilines is 2. The van der Waals surface area contributed by atoms with E-state index in [2.05, 4.69) is 5.32 Å². The van der Waals surface area contributed by atoms with Crippen molar-refractivity contribution in [3.05, 3.63) is 40.3 Å². The minimum Gasteiger partial charge on any atom is -0.486 e. The number of halogens is 1. The number of nitrogens with zero attached hydrogens (tertiary/aromatic N) is 1. The first-order valence-electron chi connectivity index (χ1n) is 8.06. The highest BCUT2D eigenvalue weighted by Gasteiger charge is 2.24. The molecule has 2 heterocycles. The van der Waals surface area contributed by atoms with Crippen LogP contribution in [0.1, 0.15) is 24.6 Å². The summed E-state index contributed by atoms with van der Waals surface area (Å²) in [6.45, 7) is 4.90. The first-order valence-corrected chi connectivity index (χ1v) is 8.94. The van der Waals surface area contributed by atoms with Gasteiger partial charge in [-0.15, -0.1) is 11.3 Å². The summed E-state index contributed by atoms with van der Waals surface area (Å²) in [6.07, 6.45) is 1.64. The van der Waals surface area contributed by atoms with Crippen LogP contribution in [0.4, 0.5) is 15.8 Å². The lowest BCUT2D eigenvalue weighted by Crippen LogP contribution is -2.43. The van der Waals surface area contributed by atoms with E-state index in [9.17, 15) is 9.18 Å². The van der Waals surface area contributed by atoms with Gasteiger partial charge in [0.2, 0.25) is 5.91 Å². The number of amides is 1. The Bertz CT molecular complexity index is 732. The van der Waals surface area contributed by atoms with Crippen molar-refractivity contribution in [3.63, 3.8) is 0 Å². The van der Waals surface area contributed by atoms with Crippen LogP contribution in [0.15, 0.2) is 29.6 Å². The fourth-order valence-corrected chi connectivity index (χ4v) is 3.51. The highest BCUT2D eigenvalue weighted by Crippen LogP contribution is 2.33. The Balaban J connectivity index is 1.78. The maximum Gasteiger partial charge on any atom is 0.219 e. The summed E-state index contributed by atoms with van der Waals surface area (Å²) in [5, 5.41) is 5.32. The Morgan fingerprint density at radius 2 is 2.21 bits per heavy atom. The Kier molecular flexibility index (Phi) is 5.04. The van der Waals surface area contributed by atoms with Crippen molar-refractivity contribution in [1.82, 2.24) is 4.90 Å². The van der Waals surface area contributed by atoms with Gasteiger partial charge in [0.05, 0.1) is 17.9 Å². The first-order chi connectivity index (χ1) is 11.5. The highest BCUT2D eigenvalue weighted by atomic mass is 32.1. The number of thiophene rings is 1. The zero-order valence-electron chi connectivity index (χ0n) is 13.8. The van der Waals surface area contributed by atoms with Crippen molar-refractivity contribution >= 4 is 28.6 Å². The molecule has 24 heavy (non-hydrogen) atoms. The maximum atomic E-state index is 13.7. The lowest BCUT2D eigenvalue weighted by atomic mass is 10.1. The molecule has 1 aromatic heterocycles. The normalized spacial score (nSPS) is 17.6. The van der Waals surface area contributed by atoms with Crippen LogP contribution in [0.2, 0.25) is 0 Å². The number of hydrogen-bond acceptors (Lipinski definition) is 4. The SMILES string of the molecule is CC(=O)N1CCC[C@@H](Oc2cc(F)ccc2Nc2ccsc2C)C1. The molecular formula is C18H21FN2O2S. The number of likely N-dealkylation sites (tertiary alicyclic amines) is 1. The Morgan fingerprint density at radius 1 is 1.38 bits per heavy atom. The first kappa shape index (κ1) is 16.8. The molecule has 1 atom stereocenters. The number of piperidine rings is 1. The zero-order valence-corrected chi connectivity index (χ0v) is 14.7. The third-order valence-electron chi connectivity index (χ3n) is 4.19. The second-order valence-electron chi connectivity index (χ2n) is 6.00. The zero-order chi connectivity index (χ0) is 17.1. The van der Waals surface area contributed by atoms with Gasteiger partial charge in [0, 0.05) is 24.4 Å². The number of ether oxygens (including phenoxy) is 1. The summed E-state index contributed by atoms with van der Waals surface area (Å²) in [5.74, 6) is 0.197. The summed E-state index contributed by atoms with van der Waals surface area (Å²) in [7, 11) is 0. The van der Waals surface area contributed by atoms with Crippen LogP contribution in [-0.2, 0) is 4.79 Å². The van der Waals surface area contributed by atoms with Crippen LogP contribution in [0.3, 0.4) is 0 Å². The number of aryl methyl sites for hydroxylation is 1. The number of carbonyl (C=O) groups excluding carboxylic acids is 1. The number of rotatable bonds is 4. The van der Waals surface area contributed by atoms with Crippen LogP contribution in [0.5, 0.6) is 5.75 Å². The van der Waals surface area contributed by atoms with E-state index >= 15 is 0 Å². The quantitative estimate of drug-likeness (QED) is 0.894. The number of benzene rings is 1. The minimum absolute atomic E-state index is 0.0507. The van der Waals surface area contributed by atoms with E-state index in [0.717, 1.165) is 35.6 Å². The van der Waals surface area contributed by atoms with Gasteiger partial charge >= 0.3 is 0 Å². The van der Waals surface area contributed by atoms with Gasteiger partial charge in [-0.2, -0.15) is 0 Å². The lowest BCUT2D eigenvalue weighted by Gasteiger charge is -2.32. The van der Waals surface area contributed by atoms with Gasteiger partial charge in [-0.3, -0.25) is 4.79 Å². The molecule has 6 heteroatoms. The van der Waals surface area contributed by atoms with Gasteiger partial charge in [-0.05, 0) is 43.3 Å². The second-order valence-corrected chi connectivity index (χ2v) is 7.12. The number of carbonyl (C=O) groups is 1. The number of nitrogens with one attached hydrogen (secondary N) is 1. The van der Waals surface area contributed by atoms with Crippen LogP contribution in [0.25, 0.3) is 0 Å². The molecule has 3 rings (SSSR count). The average molecular weight is 348 g/mol. The van der Waals surface area contributed by atoms with Crippen molar-refractivity contribution in [2.24, 2.45) is 0 Å². The van der Waals surface area contributed by atoms with Gasteiger partial charge in [0.1, 0.15) is 17.7 Å². The Morgan fingerprint density at radius 3 is 2.92 bits per heavy atom. The predicted octanol–water partition coefficient (Wildman–Crippen LogP) is 4.33. The van der Waals surface area contributed by atoms with Crippen molar-refractivity contribution in [3.8, 4) is 5.75 Å². The number of hydrogen-bond donors (Lipinski definition) is 1. The third-order valence-corrected chi connectivity index (χ3v) is 5.03. The predicted molar refractivity (Wildman–Crippen MR) is 94.6 cm³/mol. The van der Waals surface area contributed by atoms with Gasteiger partial charge in [-0.25, -0.2) is 4.39 Å². The molecule has 128 valence electrons. The smallest absolute Gasteiger partial charge is 0.219 e. The fourth-order valence-electron chi connectivity index (χ4n) is 2.86. The molecule has 1 amide bonds. The van der Waals surface area contributed by atoms with Crippen molar-refractivity contribution < 1.29 is 13.9 Å². The molecule has 0 radical (unpaired) electrons. The summed E-state index contributed by atoms with van der Waals surface area (Å²) < 4.78 is 19.7. The molecule has 0 spiro atoms. The molecule has 1 saturated heterocycles. The van der Waals surface area contributed by atoms with Crippen LogP contribution in [0, 0.1) is 12.7 Å². The van der Waals surface area contributed by atoms with Crippen molar-refractivity contribution in [2.75, 3.05) is 18.4 Å². The van der Waals surface area contributed by atoms with Crippen LogP contribution >= 0.6 is 11.3 Å². The van der Waals surface area contributed by atoms with Crippen molar-refractivity contribution in [2.45, 2.75) is 32.8 Å². The van der Waals surface area contributed by atoms with E-state index in [-0.39, 0.29) is 17.8 Å². The minimum atomic E-state index is -0.336. The van der Waals surface area contributed by atoms with Gasteiger partial charge < -0.3 is 15.0 Å². The third kappa shape index (κ3) is 3.87. The molecule has 0 saturated carbocycles. The largest absolute Gasteiger partial charge is 0.486 e. The maximum absolute atomic E-state index is 13.7. The highest BCUT2D eigenvalue weighted by molar-refractivity contribution is 7.10. The molecule has 1 N–H and O–H groups in total. The molecular weight excluding hydrogens is 327 g/mol. The van der Waals surface area contributed by atoms with E-state index in [1.807, 2.05) is 18.4 Å². The van der Waals surface area contributed by atoms with Crippen LogP contribution in [-0.4, -0.2) is 30.0 Å². The van der Waals surface area contributed by atoms with E-state index in [4.69, 9.17) is 4.74 Å². The van der Waals surface area contributed by atoms with E-state index < -0.39 is 0 Å². The molecule has 1 aliphatic rings. The molecule has 4 nitrogen and oxygen atoms in total. The van der Waals surface area contributed by atoms with Crippen molar-refractivity contribution in [1.29, 1.82) is 0 Å². The second kappa shape index (κ2) is 7.21. The topological polar surface area (TPSA) is 41.6 Å². The van der Waals surface area contributed by atoms with E-state index in [0.29, 0.717) is 12.3 Å². The summed E-state index contributed by atoms with van der Waals surface area (Å²) in [4.78, 5) is 14.5. The lowest BCUT2D eigenvalue weighted by molar-refractivity contribution is -0.131.